The van der Waals surface area contributed by atoms with Gasteiger partial charge >= 0.3 is 6.18 Å². The lowest BCUT2D eigenvalue weighted by Crippen LogP contribution is -2.62. The Morgan fingerprint density at radius 2 is 1.80 bits per heavy atom. The fourth-order valence-electron chi connectivity index (χ4n) is 5.50. The fourth-order valence-corrected chi connectivity index (χ4v) is 8.51. The zero-order chi connectivity index (χ0) is 25.8. The van der Waals surface area contributed by atoms with Crippen molar-refractivity contribution in [3.63, 3.8) is 0 Å². The number of fused-ring (bicyclic) bond motifs is 3. The molecule has 3 aliphatic rings. The van der Waals surface area contributed by atoms with E-state index in [1.807, 2.05) is 0 Å². The first-order chi connectivity index (χ1) is 16.2. The summed E-state index contributed by atoms with van der Waals surface area (Å²) in [7, 11) is -8.22. The molecule has 194 valence electrons. The number of sulfone groups is 1. The summed E-state index contributed by atoms with van der Waals surface area (Å²) in [5, 5.41) is 0. The van der Waals surface area contributed by atoms with Crippen molar-refractivity contribution < 1.29 is 43.5 Å². The molecular weight excluding hydrogens is 517 g/mol. The van der Waals surface area contributed by atoms with E-state index in [1.54, 1.807) is 0 Å². The minimum absolute atomic E-state index is 0.112. The van der Waals surface area contributed by atoms with Gasteiger partial charge in [-0.2, -0.15) is 13.2 Å². The molecule has 1 aromatic rings. The summed E-state index contributed by atoms with van der Waals surface area (Å²) in [6.07, 6.45) is -4.78. The van der Waals surface area contributed by atoms with Crippen LogP contribution in [0.3, 0.4) is 0 Å². The van der Waals surface area contributed by atoms with Crippen LogP contribution < -0.4 is 4.72 Å². The van der Waals surface area contributed by atoms with E-state index in [9.17, 15) is 34.4 Å². The van der Waals surface area contributed by atoms with Crippen molar-refractivity contribution in [3.05, 3.63) is 53.4 Å². The molecule has 13 heteroatoms. The van der Waals surface area contributed by atoms with E-state index in [-0.39, 0.29) is 26.0 Å². The van der Waals surface area contributed by atoms with Crippen LogP contribution in [0.2, 0.25) is 0 Å². The highest BCUT2D eigenvalue weighted by atomic mass is 32.2. The largest absolute Gasteiger partial charge is 0.416 e. The molecule has 0 spiro atoms. The van der Waals surface area contributed by atoms with Crippen LogP contribution in [0.25, 0.3) is 0 Å². The molecule has 1 N–H and O–H groups in total. The maximum atomic E-state index is 15.3. The third-order valence-corrected chi connectivity index (χ3v) is 10.3. The molecule has 2 fully saturated rings. The van der Waals surface area contributed by atoms with E-state index in [4.69, 9.17) is 4.74 Å². The molecule has 0 bridgehead atoms. The normalized spacial score (nSPS) is 31.7. The zero-order valence-corrected chi connectivity index (χ0v) is 20.2. The Kier molecular flexibility index (Phi) is 6.69. The highest BCUT2D eigenvalue weighted by Gasteiger charge is 2.63. The predicted octanol–water partition coefficient (Wildman–Crippen LogP) is 3.71. The highest BCUT2D eigenvalue weighted by Crippen LogP contribution is 2.56. The van der Waals surface area contributed by atoms with Crippen molar-refractivity contribution >= 4 is 19.9 Å². The molecule has 2 unspecified atom stereocenters. The van der Waals surface area contributed by atoms with Crippen LogP contribution in [-0.4, -0.2) is 53.3 Å². The van der Waals surface area contributed by atoms with E-state index in [0.29, 0.717) is 18.6 Å². The summed E-state index contributed by atoms with van der Waals surface area (Å²) in [5.74, 6) is -2.54. The van der Waals surface area contributed by atoms with Crippen molar-refractivity contribution in [3.8, 4) is 0 Å². The van der Waals surface area contributed by atoms with Crippen molar-refractivity contribution in [2.45, 2.75) is 47.4 Å². The number of hydrogen-bond acceptors (Lipinski definition) is 5. The Balaban J connectivity index is 1.88. The molecule has 1 saturated carbocycles. The monoisotopic (exact) mass is 541 g/mol. The average Bonchev–Trinajstić information content (AvgIpc) is 2.78. The number of rotatable bonds is 5. The molecule has 6 nitrogen and oxygen atoms in total. The molecule has 1 aliphatic heterocycles. The molecule has 35 heavy (non-hydrogen) atoms. The molecule has 1 aromatic carbocycles. The molecule has 1 saturated heterocycles. The number of hydrogen-bond donors (Lipinski definition) is 1. The number of halogens is 5. The maximum absolute atomic E-state index is 15.3. The molecule has 4 rings (SSSR count). The van der Waals surface area contributed by atoms with Gasteiger partial charge in [0.25, 0.3) is 0 Å². The molecular formula is C22H24F5NO5S2. The lowest BCUT2D eigenvalue weighted by Gasteiger charge is -2.54. The van der Waals surface area contributed by atoms with Crippen LogP contribution in [0.5, 0.6) is 0 Å². The molecule has 2 aliphatic carbocycles. The van der Waals surface area contributed by atoms with Gasteiger partial charge in [0.15, 0.2) is 9.84 Å². The number of ether oxygens (including phenoxy) is 1. The number of benzene rings is 1. The first-order valence-corrected chi connectivity index (χ1v) is 14.3. The second kappa shape index (κ2) is 8.93. The van der Waals surface area contributed by atoms with E-state index >= 15 is 4.39 Å². The van der Waals surface area contributed by atoms with Crippen molar-refractivity contribution in [2.75, 3.05) is 19.4 Å². The van der Waals surface area contributed by atoms with Crippen molar-refractivity contribution in [2.24, 2.45) is 11.8 Å². The average molecular weight is 542 g/mol. The smallest absolute Gasteiger partial charge is 0.370 e. The van der Waals surface area contributed by atoms with Crippen LogP contribution in [0.15, 0.2) is 52.7 Å². The van der Waals surface area contributed by atoms with Gasteiger partial charge in [0.2, 0.25) is 10.0 Å². The number of sulfonamides is 1. The predicted molar refractivity (Wildman–Crippen MR) is 117 cm³/mol. The second-order valence-electron chi connectivity index (χ2n) is 9.11. The highest BCUT2D eigenvalue weighted by molar-refractivity contribution is 7.93. The lowest BCUT2D eigenvalue weighted by atomic mass is 9.65. The summed E-state index contributed by atoms with van der Waals surface area (Å²) in [6, 6.07) is 2.89. The van der Waals surface area contributed by atoms with Crippen LogP contribution in [0.1, 0.15) is 24.8 Å². The quantitative estimate of drug-likeness (QED) is 0.575. The standard InChI is InChI=1S/C22H24F5NO5S2/c1-34(29,30)28-11-13-3-2-10-21(16(13)12-33-20-18(24)9-8-17(23)19(20)21)35(31,32)15-6-4-14(5-7-15)22(25,26)27/h4-9,13,16,18,20,28H,2-3,10-12H2,1H3/t13-,16-,18?,20?,21-/m0/s1. The van der Waals surface area contributed by atoms with Gasteiger partial charge in [-0.3, -0.25) is 0 Å². The lowest BCUT2D eigenvalue weighted by molar-refractivity contribution is -0.137. The zero-order valence-electron chi connectivity index (χ0n) is 18.6. The minimum Gasteiger partial charge on any atom is -0.370 e. The van der Waals surface area contributed by atoms with Gasteiger partial charge in [-0.05, 0) is 55.2 Å². The van der Waals surface area contributed by atoms with Crippen LogP contribution in [-0.2, 0) is 30.8 Å². The van der Waals surface area contributed by atoms with E-state index < -0.39 is 76.8 Å². The molecule has 5 atom stereocenters. The van der Waals surface area contributed by atoms with Crippen LogP contribution in [0, 0.1) is 11.8 Å². The Bertz CT molecular complexity index is 1260. The fraction of sp³-hybridized carbons (Fsp3) is 0.545. The Morgan fingerprint density at radius 3 is 2.40 bits per heavy atom. The van der Waals surface area contributed by atoms with Gasteiger partial charge in [-0.25, -0.2) is 30.3 Å². The van der Waals surface area contributed by atoms with Crippen molar-refractivity contribution in [1.82, 2.24) is 4.72 Å². The van der Waals surface area contributed by atoms with Gasteiger partial charge in [-0.1, -0.05) is 6.42 Å². The second-order valence-corrected chi connectivity index (χ2v) is 13.2. The van der Waals surface area contributed by atoms with Crippen molar-refractivity contribution in [1.29, 1.82) is 0 Å². The Hall–Kier alpha value is -1.83. The van der Waals surface area contributed by atoms with Gasteiger partial charge in [0, 0.05) is 18.0 Å². The number of allylic oxidation sites excluding steroid dienone is 2. The minimum atomic E-state index is -4.69. The van der Waals surface area contributed by atoms with Gasteiger partial charge < -0.3 is 4.74 Å². The van der Waals surface area contributed by atoms with Crippen LogP contribution >= 0.6 is 0 Å². The Morgan fingerprint density at radius 1 is 1.14 bits per heavy atom. The van der Waals surface area contributed by atoms with Gasteiger partial charge in [-0.15, -0.1) is 0 Å². The molecule has 0 aromatic heterocycles. The van der Waals surface area contributed by atoms with Gasteiger partial charge in [0.1, 0.15) is 22.8 Å². The van der Waals surface area contributed by atoms with Crippen LogP contribution in [0.4, 0.5) is 22.0 Å². The van der Waals surface area contributed by atoms with E-state index in [1.165, 1.54) is 0 Å². The first-order valence-electron chi connectivity index (χ1n) is 10.9. The topological polar surface area (TPSA) is 89.5 Å². The third kappa shape index (κ3) is 4.56. The third-order valence-electron chi connectivity index (χ3n) is 7.04. The number of alkyl halides is 4. The molecule has 0 radical (unpaired) electrons. The SMILES string of the molecule is CS(=O)(=O)NC[C@@H]1CCC[C@@]2(S(=O)(=O)c3ccc(C(F)(F)F)cc3)C3=C(F)C=CC(F)C3OC[C@@H]12. The van der Waals surface area contributed by atoms with E-state index in [2.05, 4.69) is 4.72 Å². The summed E-state index contributed by atoms with van der Waals surface area (Å²) >= 11 is 0. The maximum Gasteiger partial charge on any atom is 0.416 e. The summed E-state index contributed by atoms with van der Waals surface area (Å²) in [5.41, 5.74) is -1.45. The Labute approximate surface area is 200 Å². The van der Waals surface area contributed by atoms with E-state index in [0.717, 1.165) is 30.5 Å². The first kappa shape index (κ1) is 26.2. The summed E-state index contributed by atoms with van der Waals surface area (Å²) in [6.45, 7) is -0.433. The summed E-state index contributed by atoms with van der Waals surface area (Å²) in [4.78, 5) is -0.460. The molecule has 1 heterocycles. The van der Waals surface area contributed by atoms with Gasteiger partial charge in [0.05, 0.1) is 23.3 Å². The molecule has 0 amide bonds. The number of nitrogens with one attached hydrogen (secondary N) is 1. The summed E-state index contributed by atoms with van der Waals surface area (Å²) < 4.78 is 127.